The van der Waals surface area contributed by atoms with E-state index in [-0.39, 0.29) is 17.9 Å². The molecule has 0 aliphatic heterocycles. The van der Waals surface area contributed by atoms with Gasteiger partial charge in [0.05, 0.1) is 19.3 Å². The Balaban J connectivity index is 1.95. The summed E-state index contributed by atoms with van der Waals surface area (Å²) in [7, 11) is 1.42. The molecule has 0 heterocycles. The van der Waals surface area contributed by atoms with Crippen LogP contribution in [0.2, 0.25) is 0 Å². The van der Waals surface area contributed by atoms with Crippen molar-refractivity contribution in [2.45, 2.75) is 51.5 Å². The number of carbonyl (C=O) groups is 3. The summed E-state index contributed by atoms with van der Waals surface area (Å²) in [5.74, 6) is -0.535. The topological polar surface area (TPSA) is 111 Å². The molecule has 8 heteroatoms. The van der Waals surface area contributed by atoms with Crippen molar-refractivity contribution >= 4 is 18.3 Å². The summed E-state index contributed by atoms with van der Waals surface area (Å²) in [4.78, 5) is 34.4. The number of unbranched alkanes of at least 4 members (excludes halogenated alkanes) is 4. The predicted molar refractivity (Wildman–Crippen MR) is 123 cm³/mol. The van der Waals surface area contributed by atoms with Gasteiger partial charge in [-0.15, -0.1) is 0 Å². The SMILES string of the molecule is CCCCCCCOc1ccc(C(=O)Oc2ccc(CC(NC=O)C(=O)O)cc2OC)cc1. The molecule has 2 rings (SSSR count). The van der Waals surface area contributed by atoms with Crippen molar-refractivity contribution in [1.82, 2.24) is 5.32 Å². The summed E-state index contributed by atoms with van der Waals surface area (Å²) in [5.41, 5.74) is 0.960. The molecular formula is C25H31NO7. The van der Waals surface area contributed by atoms with Gasteiger partial charge in [-0.3, -0.25) is 4.79 Å². The number of hydrogen-bond donors (Lipinski definition) is 2. The molecule has 0 aliphatic carbocycles. The Bertz CT molecular complexity index is 911. The van der Waals surface area contributed by atoms with Crippen LogP contribution in [0.25, 0.3) is 0 Å². The molecule has 33 heavy (non-hydrogen) atoms. The highest BCUT2D eigenvalue weighted by molar-refractivity contribution is 5.91. The second kappa shape index (κ2) is 13.8. The lowest BCUT2D eigenvalue weighted by molar-refractivity contribution is -0.140. The molecule has 178 valence electrons. The minimum Gasteiger partial charge on any atom is -0.494 e. The molecule has 2 N–H and O–H groups in total. The van der Waals surface area contributed by atoms with Crippen LogP contribution in [0.4, 0.5) is 0 Å². The van der Waals surface area contributed by atoms with Crippen molar-refractivity contribution in [3.63, 3.8) is 0 Å². The lowest BCUT2D eigenvalue weighted by Gasteiger charge is -2.14. The van der Waals surface area contributed by atoms with Gasteiger partial charge in [0.25, 0.3) is 0 Å². The molecule has 0 spiro atoms. The van der Waals surface area contributed by atoms with Crippen molar-refractivity contribution in [1.29, 1.82) is 0 Å². The van der Waals surface area contributed by atoms with Crippen LogP contribution in [0.1, 0.15) is 54.9 Å². The van der Waals surface area contributed by atoms with Gasteiger partial charge in [-0.05, 0) is 48.4 Å². The standard InChI is InChI=1S/C25H31NO7/c1-3-4-5-6-7-14-32-20-11-9-19(10-12-20)25(30)33-22-13-8-18(16-23(22)31-2)15-21(24(28)29)26-17-27/h8-13,16-17,21H,3-7,14-15H2,1-2H3,(H,26,27)(H,28,29). The van der Waals surface area contributed by atoms with Crippen LogP contribution in [0, 0.1) is 0 Å². The summed E-state index contributed by atoms with van der Waals surface area (Å²) < 4.78 is 16.5. The number of carboxylic acids is 1. The first-order chi connectivity index (χ1) is 16.0. The average molecular weight is 458 g/mol. The first-order valence-corrected chi connectivity index (χ1v) is 11.0. The lowest BCUT2D eigenvalue weighted by Crippen LogP contribution is -2.37. The van der Waals surface area contributed by atoms with Gasteiger partial charge in [0.2, 0.25) is 6.41 Å². The van der Waals surface area contributed by atoms with E-state index in [1.165, 1.54) is 32.4 Å². The minimum absolute atomic E-state index is 0.0543. The third-order valence-electron chi connectivity index (χ3n) is 5.04. The Kier molecular flexibility index (Phi) is 10.7. The molecule has 2 aromatic carbocycles. The molecule has 0 aliphatic rings. The second-order valence-electron chi connectivity index (χ2n) is 7.54. The van der Waals surface area contributed by atoms with E-state index in [2.05, 4.69) is 12.2 Å². The molecule has 0 saturated carbocycles. The number of carboxylic acid groups (broad SMARTS) is 1. The zero-order valence-corrected chi connectivity index (χ0v) is 19.0. The second-order valence-corrected chi connectivity index (χ2v) is 7.54. The molecule has 1 unspecified atom stereocenters. The molecule has 0 aromatic heterocycles. The maximum absolute atomic E-state index is 12.5. The van der Waals surface area contributed by atoms with E-state index in [4.69, 9.17) is 14.2 Å². The fourth-order valence-electron chi connectivity index (χ4n) is 3.20. The zero-order valence-electron chi connectivity index (χ0n) is 19.0. The van der Waals surface area contributed by atoms with E-state index in [0.717, 1.165) is 12.8 Å². The molecule has 0 radical (unpaired) electrons. The normalized spacial score (nSPS) is 11.3. The monoisotopic (exact) mass is 457 g/mol. The highest BCUT2D eigenvalue weighted by Crippen LogP contribution is 2.29. The summed E-state index contributed by atoms with van der Waals surface area (Å²) in [6.07, 6.45) is 6.20. The lowest BCUT2D eigenvalue weighted by atomic mass is 10.1. The smallest absolute Gasteiger partial charge is 0.343 e. The number of ether oxygens (including phenoxy) is 3. The van der Waals surface area contributed by atoms with Crippen LogP contribution >= 0.6 is 0 Å². The summed E-state index contributed by atoms with van der Waals surface area (Å²) in [6.45, 7) is 2.82. The molecular weight excluding hydrogens is 426 g/mol. The molecule has 8 nitrogen and oxygen atoms in total. The van der Waals surface area contributed by atoms with Crippen LogP contribution < -0.4 is 19.5 Å². The van der Waals surface area contributed by atoms with Crippen LogP contribution in [0.3, 0.4) is 0 Å². The van der Waals surface area contributed by atoms with Gasteiger partial charge >= 0.3 is 11.9 Å². The predicted octanol–water partition coefficient (Wildman–Crippen LogP) is 4.01. The summed E-state index contributed by atoms with van der Waals surface area (Å²) >= 11 is 0. The Labute approximate surface area is 193 Å². The Morgan fingerprint density at radius 1 is 1.03 bits per heavy atom. The van der Waals surface area contributed by atoms with Gasteiger partial charge in [-0.1, -0.05) is 38.7 Å². The van der Waals surface area contributed by atoms with E-state index < -0.39 is 18.0 Å². The van der Waals surface area contributed by atoms with Crippen LogP contribution in [0.15, 0.2) is 42.5 Å². The first-order valence-electron chi connectivity index (χ1n) is 11.0. The number of carbonyl (C=O) groups excluding carboxylic acids is 2. The Morgan fingerprint density at radius 2 is 1.76 bits per heavy atom. The van der Waals surface area contributed by atoms with Gasteiger partial charge in [0.1, 0.15) is 11.8 Å². The maximum Gasteiger partial charge on any atom is 0.343 e. The average Bonchev–Trinajstić information content (AvgIpc) is 2.82. The molecule has 1 amide bonds. The number of amides is 1. The Morgan fingerprint density at radius 3 is 2.39 bits per heavy atom. The van der Waals surface area contributed by atoms with Gasteiger partial charge in [0, 0.05) is 6.42 Å². The van der Waals surface area contributed by atoms with E-state index >= 15 is 0 Å². The van der Waals surface area contributed by atoms with E-state index in [9.17, 15) is 19.5 Å². The number of esters is 1. The van der Waals surface area contributed by atoms with Gasteiger partial charge in [-0.25, -0.2) is 9.59 Å². The molecule has 0 bridgehead atoms. The van der Waals surface area contributed by atoms with Crippen molar-refractivity contribution < 1.29 is 33.7 Å². The Hall–Kier alpha value is -3.55. The van der Waals surface area contributed by atoms with Gasteiger partial charge < -0.3 is 24.6 Å². The van der Waals surface area contributed by atoms with Gasteiger partial charge in [0.15, 0.2) is 11.5 Å². The molecule has 2 aromatic rings. The van der Waals surface area contributed by atoms with Crippen molar-refractivity contribution in [2.24, 2.45) is 0 Å². The molecule has 0 saturated heterocycles. The number of benzene rings is 2. The van der Waals surface area contributed by atoms with E-state index in [1.54, 1.807) is 36.4 Å². The zero-order chi connectivity index (χ0) is 24.1. The number of aliphatic carboxylic acids is 1. The van der Waals surface area contributed by atoms with Crippen LogP contribution in [0.5, 0.6) is 17.2 Å². The van der Waals surface area contributed by atoms with E-state index in [0.29, 0.717) is 29.9 Å². The number of hydrogen-bond acceptors (Lipinski definition) is 6. The number of rotatable bonds is 15. The first kappa shape index (κ1) is 25.7. The van der Waals surface area contributed by atoms with Crippen molar-refractivity contribution in [3.8, 4) is 17.2 Å². The third-order valence-corrected chi connectivity index (χ3v) is 5.04. The van der Waals surface area contributed by atoms with Gasteiger partial charge in [-0.2, -0.15) is 0 Å². The quantitative estimate of drug-likeness (QED) is 0.180. The number of methoxy groups -OCH3 is 1. The molecule has 0 fully saturated rings. The fourth-order valence-corrected chi connectivity index (χ4v) is 3.20. The third kappa shape index (κ3) is 8.48. The van der Waals surface area contributed by atoms with E-state index in [1.807, 2.05) is 0 Å². The van der Waals surface area contributed by atoms with Crippen molar-refractivity contribution in [3.05, 3.63) is 53.6 Å². The van der Waals surface area contributed by atoms with Crippen LogP contribution in [-0.2, 0) is 16.0 Å². The highest BCUT2D eigenvalue weighted by atomic mass is 16.6. The number of nitrogens with one attached hydrogen (secondary N) is 1. The minimum atomic E-state index is -1.15. The highest BCUT2D eigenvalue weighted by Gasteiger charge is 2.19. The maximum atomic E-state index is 12.5. The summed E-state index contributed by atoms with van der Waals surface area (Å²) in [5, 5.41) is 11.4. The van der Waals surface area contributed by atoms with Crippen LogP contribution in [-0.4, -0.2) is 43.2 Å². The summed E-state index contributed by atoms with van der Waals surface area (Å²) in [6, 6.07) is 10.4. The fraction of sp³-hybridized carbons (Fsp3) is 0.400. The molecule has 1 atom stereocenters. The van der Waals surface area contributed by atoms with Crippen molar-refractivity contribution in [2.75, 3.05) is 13.7 Å². The largest absolute Gasteiger partial charge is 0.494 e.